The minimum Gasteiger partial charge on any atom is -0.349 e. The van der Waals surface area contributed by atoms with Crippen molar-refractivity contribution < 1.29 is 4.79 Å². The van der Waals surface area contributed by atoms with Gasteiger partial charge in [-0.05, 0) is 43.3 Å². The van der Waals surface area contributed by atoms with Crippen molar-refractivity contribution in [2.45, 2.75) is 32.4 Å². The first-order chi connectivity index (χ1) is 11.7. The van der Waals surface area contributed by atoms with Gasteiger partial charge in [0.1, 0.15) is 10.7 Å². The minimum atomic E-state index is -0.113. The van der Waals surface area contributed by atoms with E-state index in [2.05, 4.69) is 39.6 Å². The van der Waals surface area contributed by atoms with Gasteiger partial charge in [-0.3, -0.25) is 9.69 Å². The predicted molar refractivity (Wildman–Crippen MR) is 114 cm³/mol. The highest BCUT2D eigenvalue weighted by Crippen LogP contribution is 2.29. The number of piperidine rings is 1. The first-order valence-electron chi connectivity index (χ1n) is 8.37. The van der Waals surface area contributed by atoms with E-state index in [-0.39, 0.29) is 36.8 Å². The van der Waals surface area contributed by atoms with Crippen LogP contribution < -0.4 is 11.1 Å². The molecule has 1 aliphatic rings. The standard InChI is InChI=1S/C17H24N4OS2.2ClH/c1-12-4-6-21(7-5-12)14(15-3-2-8-23-15)10-19-17(22)13-11-24-16(9-18)20-13;;/h2-3,8,11-12,14H,4-7,9-10,18H2,1H3,(H,19,22);2*1H. The summed E-state index contributed by atoms with van der Waals surface area (Å²) in [4.78, 5) is 20.4. The molecule has 1 amide bonds. The third-order valence-electron chi connectivity index (χ3n) is 4.55. The summed E-state index contributed by atoms with van der Waals surface area (Å²) < 4.78 is 0. The van der Waals surface area contributed by atoms with Crippen LogP contribution in [0.2, 0.25) is 0 Å². The van der Waals surface area contributed by atoms with Gasteiger partial charge in [-0.2, -0.15) is 0 Å². The fourth-order valence-corrected chi connectivity index (χ4v) is 4.54. The number of thiazole rings is 1. The Morgan fingerprint density at radius 1 is 1.38 bits per heavy atom. The van der Waals surface area contributed by atoms with Gasteiger partial charge in [-0.1, -0.05) is 13.0 Å². The Morgan fingerprint density at radius 3 is 2.69 bits per heavy atom. The quantitative estimate of drug-likeness (QED) is 0.723. The van der Waals surface area contributed by atoms with Crippen LogP contribution in [-0.2, 0) is 6.54 Å². The second-order valence-electron chi connectivity index (χ2n) is 6.29. The SMILES string of the molecule is CC1CCN(C(CNC(=O)c2csc(CN)n2)c2cccs2)CC1.Cl.Cl. The van der Waals surface area contributed by atoms with Gasteiger partial charge in [0.05, 0.1) is 6.04 Å². The largest absolute Gasteiger partial charge is 0.349 e. The van der Waals surface area contributed by atoms with Crippen molar-refractivity contribution in [1.82, 2.24) is 15.2 Å². The van der Waals surface area contributed by atoms with Gasteiger partial charge in [-0.15, -0.1) is 47.5 Å². The molecule has 0 aliphatic carbocycles. The Kier molecular flexibility index (Phi) is 10.1. The Hall–Kier alpha value is -0.700. The van der Waals surface area contributed by atoms with Crippen molar-refractivity contribution in [3.63, 3.8) is 0 Å². The molecule has 2 aromatic heterocycles. The third kappa shape index (κ3) is 5.90. The van der Waals surface area contributed by atoms with Crippen molar-refractivity contribution in [3.8, 4) is 0 Å². The lowest BCUT2D eigenvalue weighted by Crippen LogP contribution is -2.41. The molecule has 1 fully saturated rings. The Balaban J connectivity index is 0.00000169. The molecule has 3 N–H and O–H groups in total. The number of hydrogen-bond acceptors (Lipinski definition) is 6. The van der Waals surface area contributed by atoms with Gasteiger partial charge < -0.3 is 11.1 Å². The average Bonchev–Trinajstić information content (AvgIpc) is 3.28. The fraction of sp³-hybridized carbons (Fsp3) is 0.529. The van der Waals surface area contributed by atoms with E-state index >= 15 is 0 Å². The van der Waals surface area contributed by atoms with Crippen LogP contribution in [0.5, 0.6) is 0 Å². The number of likely N-dealkylation sites (tertiary alicyclic amines) is 1. The highest BCUT2D eigenvalue weighted by Gasteiger charge is 2.26. The summed E-state index contributed by atoms with van der Waals surface area (Å²) in [6.45, 7) is 5.49. The number of aromatic nitrogens is 1. The second kappa shape index (κ2) is 11.2. The van der Waals surface area contributed by atoms with Gasteiger partial charge in [0.15, 0.2) is 0 Å². The number of halogens is 2. The van der Waals surface area contributed by atoms with Crippen molar-refractivity contribution >= 4 is 53.4 Å². The molecule has 146 valence electrons. The van der Waals surface area contributed by atoms with E-state index in [1.54, 1.807) is 16.7 Å². The highest BCUT2D eigenvalue weighted by molar-refractivity contribution is 7.10. The number of hydrogen-bond donors (Lipinski definition) is 2. The molecule has 26 heavy (non-hydrogen) atoms. The Morgan fingerprint density at radius 2 is 2.12 bits per heavy atom. The van der Waals surface area contributed by atoms with Gasteiger partial charge in [0, 0.05) is 23.3 Å². The van der Waals surface area contributed by atoms with Gasteiger partial charge in [-0.25, -0.2) is 4.98 Å². The molecule has 0 radical (unpaired) electrons. The molecule has 1 unspecified atom stereocenters. The monoisotopic (exact) mass is 436 g/mol. The molecule has 0 saturated carbocycles. The molecule has 3 heterocycles. The van der Waals surface area contributed by atoms with Gasteiger partial charge in [0.25, 0.3) is 5.91 Å². The summed E-state index contributed by atoms with van der Waals surface area (Å²) in [5.41, 5.74) is 6.04. The zero-order valence-electron chi connectivity index (χ0n) is 14.7. The van der Waals surface area contributed by atoms with Crippen LogP contribution in [0.25, 0.3) is 0 Å². The van der Waals surface area contributed by atoms with Crippen LogP contribution in [0.15, 0.2) is 22.9 Å². The molecule has 0 spiro atoms. The Labute approximate surface area is 175 Å². The van der Waals surface area contributed by atoms with Crippen LogP contribution in [0, 0.1) is 5.92 Å². The predicted octanol–water partition coefficient (Wildman–Crippen LogP) is 3.71. The zero-order chi connectivity index (χ0) is 16.9. The van der Waals surface area contributed by atoms with Gasteiger partial charge in [0.2, 0.25) is 0 Å². The second-order valence-corrected chi connectivity index (χ2v) is 8.21. The first-order valence-corrected chi connectivity index (χ1v) is 10.1. The minimum absolute atomic E-state index is 0. The molecule has 0 bridgehead atoms. The molecule has 1 saturated heterocycles. The van der Waals surface area contributed by atoms with E-state index in [1.807, 2.05) is 0 Å². The normalized spacial score (nSPS) is 16.4. The third-order valence-corrected chi connectivity index (χ3v) is 6.39. The van der Waals surface area contributed by atoms with Crippen LogP contribution in [0.3, 0.4) is 0 Å². The molecular weight excluding hydrogens is 411 g/mol. The summed E-state index contributed by atoms with van der Waals surface area (Å²) in [6.07, 6.45) is 2.45. The Bertz CT molecular complexity index is 658. The van der Waals surface area contributed by atoms with E-state index in [0.29, 0.717) is 18.8 Å². The number of rotatable bonds is 6. The summed E-state index contributed by atoms with van der Waals surface area (Å²) in [5.74, 6) is 0.683. The number of thiophene rings is 1. The van der Waals surface area contributed by atoms with Crippen LogP contribution in [0.4, 0.5) is 0 Å². The lowest BCUT2D eigenvalue weighted by Gasteiger charge is -2.36. The van der Waals surface area contributed by atoms with Crippen LogP contribution in [0.1, 0.15) is 46.2 Å². The van der Waals surface area contributed by atoms with Gasteiger partial charge >= 0.3 is 0 Å². The van der Waals surface area contributed by atoms with E-state index in [1.165, 1.54) is 29.1 Å². The molecule has 0 aromatic carbocycles. The van der Waals surface area contributed by atoms with E-state index in [0.717, 1.165) is 24.0 Å². The maximum atomic E-state index is 12.4. The number of carbonyl (C=O) groups is 1. The maximum absolute atomic E-state index is 12.4. The number of carbonyl (C=O) groups excluding carboxylic acids is 1. The van der Waals surface area contributed by atoms with E-state index in [4.69, 9.17) is 5.73 Å². The number of nitrogens with zero attached hydrogens (tertiary/aromatic N) is 2. The molecule has 1 aliphatic heterocycles. The van der Waals surface area contributed by atoms with Crippen molar-refractivity contribution in [2.75, 3.05) is 19.6 Å². The molecule has 5 nitrogen and oxygen atoms in total. The fourth-order valence-electron chi connectivity index (χ4n) is 3.02. The number of nitrogens with two attached hydrogens (primary N) is 1. The molecule has 1 atom stereocenters. The number of amides is 1. The molecule has 3 rings (SSSR count). The average molecular weight is 437 g/mol. The lowest BCUT2D eigenvalue weighted by atomic mass is 9.97. The smallest absolute Gasteiger partial charge is 0.270 e. The maximum Gasteiger partial charge on any atom is 0.270 e. The molecule has 9 heteroatoms. The van der Waals surface area contributed by atoms with E-state index < -0.39 is 0 Å². The summed E-state index contributed by atoms with van der Waals surface area (Å²) in [5, 5.41) is 7.73. The summed E-state index contributed by atoms with van der Waals surface area (Å²) in [7, 11) is 0. The lowest BCUT2D eigenvalue weighted by molar-refractivity contribution is 0.0910. The van der Waals surface area contributed by atoms with Crippen molar-refractivity contribution in [3.05, 3.63) is 38.5 Å². The van der Waals surface area contributed by atoms with Crippen LogP contribution in [-0.4, -0.2) is 35.4 Å². The summed E-state index contributed by atoms with van der Waals surface area (Å²) in [6, 6.07) is 4.48. The van der Waals surface area contributed by atoms with Crippen LogP contribution >= 0.6 is 47.5 Å². The van der Waals surface area contributed by atoms with E-state index in [9.17, 15) is 4.79 Å². The van der Waals surface area contributed by atoms with Crippen molar-refractivity contribution in [2.24, 2.45) is 11.7 Å². The van der Waals surface area contributed by atoms with Crippen molar-refractivity contribution in [1.29, 1.82) is 0 Å². The molecule has 2 aromatic rings. The first kappa shape index (κ1) is 23.3. The number of nitrogens with one attached hydrogen (secondary N) is 1. The topological polar surface area (TPSA) is 71.2 Å². The summed E-state index contributed by atoms with van der Waals surface area (Å²) >= 11 is 3.19. The highest BCUT2D eigenvalue weighted by atomic mass is 35.5. The molecular formula is C17H26Cl2N4OS2. The zero-order valence-corrected chi connectivity index (χ0v) is 18.0.